The van der Waals surface area contributed by atoms with E-state index >= 15 is 0 Å². The Morgan fingerprint density at radius 1 is 1.17 bits per heavy atom. The molecule has 0 unspecified atom stereocenters. The van der Waals surface area contributed by atoms with Gasteiger partial charge in [-0.1, -0.05) is 56.0 Å². The zero-order valence-electron chi connectivity index (χ0n) is 14.5. The lowest BCUT2D eigenvalue weighted by atomic mass is 9.93. The van der Waals surface area contributed by atoms with Crippen LogP contribution in [-0.2, 0) is 10.4 Å². The van der Waals surface area contributed by atoms with Gasteiger partial charge in [0, 0.05) is 32.1 Å². The van der Waals surface area contributed by atoms with Gasteiger partial charge in [0.1, 0.15) is 5.60 Å². The first-order chi connectivity index (χ1) is 11.7. The predicted octanol–water partition coefficient (Wildman–Crippen LogP) is 2.81. The number of hydrogen-bond donors (Lipinski definition) is 2. The number of benzene rings is 1. The number of β-amino-alcohol motifs (C(OH)–C–C–N with tert-alkyl or cyclic N) is 1. The lowest BCUT2D eigenvalue weighted by Gasteiger charge is -2.24. The Morgan fingerprint density at radius 2 is 1.88 bits per heavy atom. The summed E-state index contributed by atoms with van der Waals surface area (Å²) in [7, 11) is 0. The molecule has 1 heterocycles. The highest BCUT2D eigenvalue weighted by molar-refractivity contribution is 5.76. The van der Waals surface area contributed by atoms with Crippen LogP contribution in [0, 0.1) is 0 Å². The summed E-state index contributed by atoms with van der Waals surface area (Å²) >= 11 is 0. The molecule has 0 bridgehead atoms. The molecule has 1 aliphatic heterocycles. The molecule has 0 aromatic heterocycles. The molecule has 4 heteroatoms. The van der Waals surface area contributed by atoms with Crippen molar-refractivity contribution >= 4 is 5.91 Å². The predicted molar refractivity (Wildman–Crippen MR) is 95.6 cm³/mol. The van der Waals surface area contributed by atoms with Crippen LogP contribution in [0.2, 0.25) is 0 Å². The average Bonchev–Trinajstić information content (AvgIpc) is 2.81. The summed E-state index contributed by atoms with van der Waals surface area (Å²) in [5.74, 6) is 0.164. The summed E-state index contributed by atoms with van der Waals surface area (Å²) in [6.45, 7) is 2.20. The van der Waals surface area contributed by atoms with Gasteiger partial charge >= 0.3 is 0 Å². The molecule has 0 spiro atoms. The molecule has 1 aromatic carbocycles. The molecule has 24 heavy (non-hydrogen) atoms. The van der Waals surface area contributed by atoms with Crippen LogP contribution in [0.25, 0.3) is 0 Å². The zero-order valence-corrected chi connectivity index (χ0v) is 14.5. The van der Waals surface area contributed by atoms with Crippen molar-refractivity contribution in [2.75, 3.05) is 19.6 Å². The van der Waals surface area contributed by atoms with Gasteiger partial charge in [0.2, 0.25) is 5.91 Å². The number of hydrogen-bond acceptors (Lipinski definition) is 3. The van der Waals surface area contributed by atoms with Gasteiger partial charge in [0.05, 0.1) is 0 Å². The highest BCUT2D eigenvalue weighted by Gasteiger charge is 2.37. The minimum Gasteiger partial charge on any atom is -0.384 e. The fraction of sp³-hybridized carbons (Fsp3) is 0.650. The molecule has 2 N–H and O–H groups in total. The van der Waals surface area contributed by atoms with E-state index in [4.69, 9.17) is 0 Å². The van der Waals surface area contributed by atoms with Crippen LogP contribution in [-0.4, -0.2) is 41.6 Å². The summed E-state index contributed by atoms with van der Waals surface area (Å²) < 4.78 is 0. The van der Waals surface area contributed by atoms with Crippen molar-refractivity contribution in [3.63, 3.8) is 0 Å². The summed E-state index contributed by atoms with van der Waals surface area (Å²) in [6.07, 6.45) is 8.61. The van der Waals surface area contributed by atoms with Gasteiger partial charge < -0.3 is 10.4 Å². The fourth-order valence-electron chi connectivity index (χ4n) is 4.03. The lowest BCUT2D eigenvalue weighted by Crippen LogP contribution is -2.37. The molecule has 1 aromatic rings. The second kappa shape index (κ2) is 8.13. The van der Waals surface area contributed by atoms with E-state index in [0.29, 0.717) is 19.0 Å². The van der Waals surface area contributed by atoms with Crippen molar-refractivity contribution in [1.82, 2.24) is 10.2 Å². The molecule has 2 fully saturated rings. The zero-order chi connectivity index (χ0) is 16.8. The summed E-state index contributed by atoms with van der Waals surface area (Å²) in [6, 6.07) is 10.3. The van der Waals surface area contributed by atoms with Crippen LogP contribution < -0.4 is 5.32 Å². The average molecular weight is 330 g/mol. The van der Waals surface area contributed by atoms with Gasteiger partial charge in [-0.15, -0.1) is 0 Å². The Bertz CT molecular complexity index is 526. The van der Waals surface area contributed by atoms with E-state index in [2.05, 4.69) is 10.2 Å². The molecule has 1 saturated heterocycles. The Balaban J connectivity index is 1.43. The third kappa shape index (κ3) is 4.58. The molecular weight excluding hydrogens is 300 g/mol. The van der Waals surface area contributed by atoms with E-state index in [9.17, 15) is 9.90 Å². The molecule has 1 atom stereocenters. The normalized spacial score (nSPS) is 26.2. The maximum Gasteiger partial charge on any atom is 0.221 e. The first kappa shape index (κ1) is 17.4. The number of rotatable bonds is 5. The number of carbonyl (C=O) groups is 1. The Morgan fingerprint density at radius 3 is 2.58 bits per heavy atom. The van der Waals surface area contributed by atoms with Crippen LogP contribution in [0.1, 0.15) is 56.9 Å². The topological polar surface area (TPSA) is 52.6 Å². The van der Waals surface area contributed by atoms with Crippen molar-refractivity contribution in [2.24, 2.45) is 0 Å². The number of carbonyl (C=O) groups excluding carboxylic acids is 1. The molecule has 1 aliphatic carbocycles. The number of aliphatic hydroxyl groups is 1. The van der Waals surface area contributed by atoms with Crippen LogP contribution >= 0.6 is 0 Å². The van der Waals surface area contributed by atoms with Crippen molar-refractivity contribution in [3.8, 4) is 0 Å². The largest absolute Gasteiger partial charge is 0.384 e. The van der Waals surface area contributed by atoms with Crippen LogP contribution in [0.5, 0.6) is 0 Å². The maximum atomic E-state index is 12.2. The molecule has 2 aliphatic rings. The van der Waals surface area contributed by atoms with Gasteiger partial charge in [0.25, 0.3) is 0 Å². The van der Waals surface area contributed by atoms with Gasteiger partial charge in [-0.25, -0.2) is 0 Å². The number of amides is 1. The van der Waals surface area contributed by atoms with Crippen LogP contribution in [0.4, 0.5) is 0 Å². The van der Waals surface area contributed by atoms with Crippen molar-refractivity contribution in [2.45, 2.75) is 63.0 Å². The Kier molecular flexibility index (Phi) is 5.90. The number of nitrogens with zero attached hydrogens (tertiary/aromatic N) is 1. The van der Waals surface area contributed by atoms with Crippen molar-refractivity contribution < 1.29 is 9.90 Å². The van der Waals surface area contributed by atoms with Gasteiger partial charge in [-0.05, 0) is 24.8 Å². The molecule has 1 saturated carbocycles. The fourth-order valence-corrected chi connectivity index (χ4v) is 4.03. The smallest absolute Gasteiger partial charge is 0.221 e. The molecule has 132 valence electrons. The SMILES string of the molecule is O=C(CCN1CC[C@@](O)(c2ccccc2)C1)NC1CCCCCC1. The molecule has 1 amide bonds. The van der Waals surface area contributed by atoms with E-state index in [1.165, 1.54) is 25.7 Å². The maximum absolute atomic E-state index is 12.2. The van der Waals surface area contributed by atoms with E-state index in [-0.39, 0.29) is 5.91 Å². The minimum atomic E-state index is -0.765. The first-order valence-electron chi connectivity index (χ1n) is 9.45. The van der Waals surface area contributed by atoms with Gasteiger partial charge in [-0.3, -0.25) is 9.69 Å². The summed E-state index contributed by atoms with van der Waals surface area (Å²) in [4.78, 5) is 14.4. The van der Waals surface area contributed by atoms with E-state index in [1.54, 1.807) is 0 Å². The monoisotopic (exact) mass is 330 g/mol. The molecule has 3 rings (SSSR count). The van der Waals surface area contributed by atoms with E-state index in [0.717, 1.165) is 37.9 Å². The minimum absolute atomic E-state index is 0.164. The summed E-state index contributed by atoms with van der Waals surface area (Å²) in [5.41, 5.74) is 0.217. The first-order valence-corrected chi connectivity index (χ1v) is 9.45. The third-order valence-electron chi connectivity index (χ3n) is 5.51. The van der Waals surface area contributed by atoms with Crippen molar-refractivity contribution in [1.29, 1.82) is 0 Å². The van der Waals surface area contributed by atoms with E-state index in [1.807, 2.05) is 30.3 Å². The Hall–Kier alpha value is -1.39. The molecule has 0 radical (unpaired) electrons. The number of nitrogens with one attached hydrogen (secondary N) is 1. The van der Waals surface area contributed by atoms with Crippen LogP contribution in [0.3, 0.4) is 0 Å². The van der Waals surface area contributed by atoms with Crippen LogP contribution in [0.15, 0.2) is 30.3 Å². The van der Waals surface area contributed by atoms with E-state index < -0.39 is 5.60 Å². The highest BCUT2D eigenvalue weighted by atomic mass is 16.3. The van der Waals surface area contributed by atoms with Crippen molar-refractivity contribution in [3.05, 3.63) is 35.9 Å². The van der Waals surface area contributed by atoms with Gasteiger partial charge in [-0.2, -0.15) is 0 Å². The molecule has 4 nitrogen and oxygen atoms in total. The Labute approximate surface area is 145 Å². The third-order valence-corrected chi connectivity index (χ3v) is 5.51. The second-order valence-electron chi connectivity index (χ2n) is 7.43. The summed E-state index contributed by atoms with van der Waals surface area (Å²) in [5, 5.41) is 14.1. The van der Waals surface area contributed by atoms with Gasteiger partial charge in [0.15, 0.2) is 0 Å². The lowest BCUT2D eigenvalue weighted by molar-refractivity contribution is -0.122. The molecular formula is C20H30N2O2. The standard InChI is InChI=1S/C20H30N2O2/c23-19(21-18-10-6-1-2-7-11-18)12-14-22-15-13-20(24,16-22)17-8-4-3-5-9-17/h3-5,8-9,18,24H,1-2,6-7,10-16H2,(H,21,23)/t20-/m0/s1. The quantitative estimate of drug-likeness (QED) is 0.816. The highest BCUT2D eigenvalue weighted by Crippen LogP contribution is 2.31. The second-order valence-corrected chi connectivity index (χ2v) is 7.43. The number of likely N-dealkylation sites (tertiary alicyclic amines) is 1.